The van der Waals surface area contributed by atoms with Gasteiger partial charge >= 0.3 is 6.09 Å². The van der Waals surface area contributed by atoms with Crippen molar-refractivity contribution in [2.45, 2.75) is 65.0 Å². The van der Waals surface area contributed by atoms with Crippen molar-refractivity contribution in [3.05, 3.63) is 90.0 Å². The van der Waals surface area contributed by atoms with Gasteiger partial charge in [0.05, 0.1) is 17.9 Å². The Morgan fingerprint density at radius 3 is 2.28 bits per heavy atom. The van der Waals surface area contributed by atoms with Gasteiger partial charge in [0.25, 0.3) is 0 Å². The predicted octanol–water partition coefficient (Wildman–Crippen LogP) is 5.44. The maximum absolute atomic E-state index is 13.8. The summed E-state index contributed by atoms with van der Waals surface area (Å²) in [5, 5.41) is 7.86. The van der Waals surface area contributed by atoms with Crippen LogP contribution in [0.1, 0.15) is 52.2 Å². The highest BCUT2D eigenvalue weighted by molar-refractivity contribution is 7.92. The maximum atomic E-state index is 13.8. The molecule has 3 amide bonds. The van der Waals surface area contributed by atoms with Gasteiger partial charge in [-0.2, -0.15) is 0 Å². The third-order valence-electron chi connectivity index (χ3n) is 7.31. The Morgan fingerprint density at radius 1 is 0.936 bits per heavy atom. The molecule has 47 heavy (non-hydrogen) atoms. The summed E-state index contributed by atoms with van der Waals surface area (Å²) in [7, 11) is -1.75. The van der Waals surface area contributed by atoms with E-state index in [2.05, 4.69) is 21.4 Å². The number of ether oxygens (including phenoxy) is 1. The minimum atomic E-state index is -3.46. The molecule has 0 spiro atoms. The van der Waals surface area contributed by atoms with Crippen molar-refractivity contribution in [1.82, 2.24) is 15.5 Å². The highest BCUT2D eigenvalue weighted by Gasteiger charge is 2.25. The van der Waals surface area contributed by atoms with Gasteiger partial charge in [0.15, 0.2) is 0 Å². The smallest absolute Gasteiger partial charge is 0.408 e. The largest absolute Gasteiger partial charge is 0.444 e. The number of hydrogen-bond acceptors (Lipinski definition) is 6. The van der Waals surface area contributed by atoms with E-state index in [-0.39, 0.29) is 18.4 Å². The van der Waals surface area contributed by atoms with E-state index < -0.39 is 33.2 Å². The molecule has 0 aliphatic heterocycles. The van der Waals surface area contributed by atoms with Crippen LogP contribution in [0.4, 0.5) is 10.5 Å². The lowest BCUT2D eigenvalue weighted by molar-refractivity contribution is -0.134. The molecule has 3 aromatic rings. The van der Waals surface area contributed by atoms with Crippen LogP contribution in [-0.2, 0) is 37.2 Å². The van der Waals surface area contributed by atoms with E-state index in [9.17, 15) is 22.8 Å². The number of nitrogens with zero attached hydrogens (tertiary/aromatic N) is 1. The van der Waals surface area contributed by atoms with Crippen molar-refractivity contribution >= 4 is 44.4 Å². The van der Waals surface area contributed by atoms with Crippen molar-refractivity contribution in [2.24, 2.45) is 5.92 Å². The first-order valence-electron chi connectivity index (χ1n) is 15.6. The van der Waals surface area contributed by atoms with Crippen LogP contribution in [0.2, 0.25) is 0 Å². The lowest BCUT2D eigenvalue weighted by Gasteiger charge is -2.27. The van der Waals surface area contributed by atoms with Crippen LogP contribution >= 0.6 is 0 Å². The molecule has 0 saturated carbocycles. The maximum Gasteiger partial charge on any atom is 0.408 e. The number of carbonyl (C=O) groups is 3. The summed E-state index contributed by atoms with van der Waals surface area (Å²) in [6.07, 6.45) is 4.89. The van der Waals surface area contributed by atoms with Crippen molar-refractivity contribution < 1.29 is 27.5 Å². The third-order valence-corrected chi connectivity index (χ3v) is 7.90. The van der Waals surface area contributed by atoms with E-state index in [1.165, 1.54) is 6.08 Å². The Morgan fingerprint density at radius 2 is 1.60 bits per heavy atom. The minimum Gasteiger partial charge on any atom is -0.444 e. The van der Waals surface area contributed by atoms with Gasteiger partial charge in [-0.3, -0.25) is 14.3 Å². The summed E-state index contributed by atoms with van der Waals surface area (Å²) >= 11 is 0. The molecular formula is C36H48N4O6S. The van der Waals surface area contributed by atoms with Crippen LogP contribution in [-0.4, -0.2) is 68.8 Å². The van der Waals surface area contributed by atoms with E-state index in [0.717, 1.165) is 28.2 Å². The summed E-state index contributed by atoms with van der Waals surface area (Å²) < 4.78 is 31.5. The lowest BCUT2D eigenvalue weighted by atomic mass is 9.95. The Labute approximate surface area is 279 Å². The summed E-state index contributed by atoms with van der Waals surface area (Å²) in [4.78, 5) is 40.4. The molecule has 0 radical (unpaired) electrons. The Hall–Kier alpha value is -4.38. The van der Waals surface area contributed by atoms with Crippen LogP contribution in [0.15, 0.2) is 78.9 Å². The monoisotopic (exact) mass is 664 g/mol. The zero-order chi connectivity index (χ0) is 34.8. The molecule has 0 aliphatic rings. The van der Waals surface area contributed by atoms with Crippen molar-refractivity contribution in [2.75, 3.05) is 31.1 Å². The van der Waals surface area contributed by atoms with E-state index in [1.54, 1.807) is 50.9 Å². The molecule has 3 aromatic carbocycles. The second-order valence-corrected chi connectivity index (χ2v) is 15.2. The van der Waals surface area contributed by atoms with Gasteiger partial charge in [-0.15, -0.1) is 0 Å². The molecule has 0 unspecified atom stereocenters. The number of anilines is 1. The van der Waals surface area contributed by atoms with Crippen LogP contribution in [0.25, 0.3) is 10.8 Å². The fraction of sp³-hybridized carbons (Fsp3) is 0.417. The minimum absolute atomic E-state index is 0.116. The molecule has 11 heteroatoms. The number of fused-ring (bicyclic) bond motifs is 1. The standard InChI is InChI=1S/C36H48N4O6S/c1-35(2,3)46-34(43)38-36(4,5)21-12-17-32(41)37-25-30(24-26-18-19-27-13-8-9-15-29(27)23-26)33(42)40(6)22-20-28-14-10-11-16-31(28)39-47(7,44)45/h8-19,23,30,39H,20-22,24-25H2,1-7H3,(H,37,41)(H,38,43)/t30-/m1/s1. The molecular weight excluding hydrogens is 616 g/mol. The third kappa shape index (κ3) is 13.1. The van der Waals surface area contributed by atoms with Gasteiger partial charge in [0.2, 0.25) is 21.8 Å². The van der Waals surface area contributed by atoms with Gasteiger partial charge in [-0.05, 0) is 87.9 Å². The van der Waals surface area contributed by atoms with Crippen molar-refractivity contribution in [1.29, 1.82) is 0 Å². The molecule has 254 valence electrons. The molecule has 10 nitrogen and oxygen atoms in total. The summed E-state index contributed by atoms with van der Waals surface area (Å²) in [6.45, 7) is 9.51. The summed E-state index contributed by atoms with van der Waals surface area (Å²) in [6, 6.07) is 21.2. The zero-order valence-electron chi connectivity index (χ0n) is 28.4. The second kappa shape index (κ2) is 15.9. The molecule has 1 atom stereocenters. The molecule has 0 bridgehead atoms. The highest BCUT2D eigenvalue weighted by Crippen LogP contribution is 2.21. The van der Waals surface area contributed by atoms with Crippen LogP contribution in [0, 0.1) is 5.92 Å². The van der Waals surface area contributed by atoms with Crippen LogP contribution < -0.4 is 15.4 Å². The summed E-state index contributed by atoms with van der Waals surface area (Å²) in [5.41, 5.74) is 0.951. The van der Waals surface area contributed by atoms with E-state index in [1.807, 2.05) is 62.4 Å². The highest BCUT2D eigenvalue weighted by atomic mass is 32.2. The molecule has 3 N–H and O–H groups in total. The van der Waals surface area contributed by atoms with Crippen molar-refractivity contribution in [3.63, 3.8) is 0 Å². The fourth-order valence-electron chi connectivity index (χ4n) is 5.02. The predicted molar refractivity (Wildman–Crippen MR) is 188 cm³/mol. The summed E-state index contributed by atoms with van der Waals surface area (Å²) in [5.74, 6) is -1.04. The normalized spacial score (nSPS) is 12.8. The number of sulfonamides is 1. The van der Waals surface area contributed by atoms with E-state index >= 15 is 0 Å². The number of alkyl carbamates (subject to hydrolysis) is 1. The first kappa shape index (κ1) is 37.1. The van der Waals surface area contributed by atoms with Gasteiger partial charge in [-0.25, -0.2) is 13.2 Å². The number of hydrogen-bond donors (Lipinski definition) is 3. The SMILES string of the molecule is CN(CCc1ccccc1NS(C)(=O)=O)C(=O)[C@@H](CNC(=O)C=CCC(C)(C)NC(=O)OC(C)(C)C)Cc1ccc2ccccc2c1. The quantitative estimate of drug-likeness (QED) is 0.197. The van der Waals surface area contributed by atoms with Crippen molar-refractivity contribution in [3.8, 4) is 0 Å². The molecule has 3 rings (SSSR count). The van der Waals surface area contributed by atoms with E-state index in [4.69, 9.17) is 4.74 Å². The number of para-hydroxylation sites is 1. The zero-order valence-corrected chi connectivity index (χ0v) is 29.2. The second-order valence-electron chi connectivity index (χ2n) is 13.5. The number of benzene rings is 3. The Balaban J connectivity index is 1.69. The lowest BCUT2D eigenvalue weighted by Crippen LogP contribution is -2.45. The molecule has 0 aliphatic carbocycles. The van der Waals surface area contributed by atoms with Gasteiger partial charge in [-0.1, -0.05) is 66.7 Å². The number of carbonyl (C=O) groups excluding carboxylic acids is 3. The average Bonchev–Trinajstić information content (AvgIpc) is 2.96. The molecule has 0 heterocycles. The molecule has 0 fully saturated rings. The number of rotatable bonds is 14. The molecule has 0 saturated heterocycles. The number of nitrogens with one attached hydrogen (secondary N) is 3. The Bertz CT molecular complexity index is 1690. The van der Waals surface area contributed by atoms with Crippen LogP contribution in [0.5, 0.6) is 0 Å². The first-order chi connectivity index (χ1) is 21.9. The Kier molecular flexibility index (Phi) is 12.6. The van der Waals surface area contributed by atoms with Gasteiger partial charge < -0.3 is 20.3 Å². The van der Waals surface area contributed by atoms with Gasteiger partial charge in [0.1, 0.15) is 5.60 Å². The molecule has 0 aromatic heterocycles. The van der Waals surface area contributed by atoms with Crippen LogP contribution in [0.3, 0.4) is 0 Å². The van der Waals surface area contributed by atoms with E-state index in [0.29, 0.717) is 31.5 Å². The fourth-order valence-corrected chi connectivity index (χ4v) is 5.62. The first-order valence-corrected chi connectivity index (χ1v) is 17.5. The average molecular weight is 665 g/mol. The topological polar surface area (TPSA) is 134 Å². The number of likely N-dealkylation sites (N-methyl/N-ethyl adjacent to an activating group) is 1. The number of amides is 3. The van der Waals surface area contributed by atoms with Gasteiger partial charge in [0, 0.05) is 25.7 Å².